The van der Waals surface area contributed by atoms with Crippen molar-refractivity contribution in [3.63, 3.8) is 0 Å². The average molecular weight is 523 g/mol. The van der Waals surface area contributed by atoms with E-state index in [0.717, 1.165) is 59.9 Å². The van der Waals surface area contributed by atoms with Crippen LogP contribution in [-0.4, -0.2) is 39.8 Å². The summed E-state index contributed by atoms with van der Waals surface area (Å²) in [7, 11) is 0. The first-order chi connectivity index (χ1) is 17.8. The van der Waals surface area contributed by atoms with Gasteiger partial charge in [-0.05, 0) is 79.1 Å². The maximum Gasteiger partial charge on any atom is 0.415 e. The lowest BCUT2D eigenvalue weighted by Gasteiger charge is -2.33. The Hall–Kier alpha value is -3.72. The molecule has 0 amide bonds. The lowest BCUT2D eigenvalue weighted by molar-refractivity contribution is -0.389. The van der Waals surface area contributed by atoms with Gasteiger partial charge in [-0.25, -0.2) is 0 Å². The van der Waals surface area contributed by atoms with E-state index in [-0.39, 0.29) is 11.8 Å². The number of nitrogens with zero attached hydrogens (tertiary/aromatic N) is 4. The van der Waals surface area contributed by atoms with Crippen molar-refractivity contribution in [2.45, 2.75) is 38.3 Å². The topological polar surface area (TPSA) is 95.8 Å². The van der Waals surface area contributed by atoms with E-state index in [1.165, 1.54) is 11.9 Å². The van der Waals surface area contributed by atoms with Crippen LogP contribution in [0.15, 0.2) is 59.1 Å². The summed E-state index contributed by atoms with van der Waals surface area (Å²) in [6.45, 7) is 4.66. The van der Waals surface area contributed by atoms with Crippen LogP contribution in [0.1, 0.15) is 25.5 Å². The molecule has 0 unspecified atom stereocenters. The Morgan fingerprint density at radius 1 is 1.19 bits per heavy atom. The zero-order valence-corrected chi connectivity index (χ0v) is 21.2. The zero-order chi connectivity index (χ0) is 25.6. The predicted octanol–water partition coefficient (Wildman–Crippen LogP) is 5.88. The third kappa shape index (κ3) is 4.96. The van der Waals surface area contributed by atoms with Gasteiger partial charge in [-0.1, -0.05) is 11.6 Å². The van der Waals surface area contributed by atoms with Crippen molar-refractivity contribution in [1.29, 1.82) is 0 Å². The molecule has 1 fully saturated rings. The summed E-state index contributed by atoms with van der Waals surface area (Å²) in [5.41, 5.74) is 1.44. The van der Waals surface area contributed by atoms with Crippen molar-refractivity contribution in [3.8, 4) is 11.8 Å². The van der Waals surface area contributed by atoms with Crippen LogP contribution in [0.5, 0.6) is 11.8 Å². The largest absolute Gasteiger partial charge is 0.489 e. The monoisotopic (exact) mass is 522 g/mol. The second kappa shape index (κ2) is 9.30. The smallest absolute Gasteiger partial charge is 0.415 e. The molecule has 4 heterocycles. The highest BCUT2D eigenvalue weighted by Crippen LogP contribution is 2.33. The van der Waals surface area contributed by atoms with E-state index in [0.29, 0.717) is 19.1 Å². The van der Waals surface area contributed by atoms with Crippen molar-refractivity contribution < 1.29 is 18.8 Å². The number of nitro groups is 1. The summed E-state index contributed by atoms with van der Waals surface area (Å²) in [4.78, 5) is 16.7. The Kier molecular flexibility index (Phi) is 5.95. The first-order valence-corrected chi connectivity index (χ1v) is 12.8. The lowest BCUT2D eigenvalue weighted by Crippen LogP contribution is -2.38. The van der Waals surface area contributed by atoms with Gasteiger partial charge in [0.15, 0.2) is 5.60 Å². The lowest BCUT2D eigenvalue weighted by atomic mass is 9.92. The molecule has 0 saturated carbocycles. The van der Waals surface area contributed by atoms with Gasteiger partial charge in [0.1, 0.15) is 29.9 Å². The summed E-state index contributed by atoms with van der Waals surface area (Å²) in [5.74, 6) is 2.17. The number of hydrogen-bond acceptors (Lipinski definition) is 7. The van der Waals surface area contributed by atoms with Crippen LogP contribution in [0.3, 0.4) is 0 Å². The number of halogens is 1. The van der Waals surface area contributed by atoms with Crippen molar-refractivity contribution >= 4 is 34.1 Å². The van der Waals surface area contributed by atoms with Gasteiger partial charge in [-0.3, -0.25) is 4.57 Å². The Labute approximate surface area is 218 Å². The van der Waals surface area contributed by atoms with E-state index < -0.39 is 10.5 Å². The fourth-order valence-corrected chi connectivity index (χ4v) is 5.38. The number of furan rings is 1. The average Bonchev–Trinajstić information content (AvgIpc) is 3.54. The standard InChI is InChI=1S/C27H27ClN4O5/c1-27(16-31-15-25(32(33)34)29-26(31)37-27)17-35-22-5-3-21(4-6-22)30-10-8-18(9-11-30)12-23-14-19-13-20(28)2-7-24(19)36-23/h2-7,13-15,18H,8-12,16-17H2,1H3/t27-/m1/s1. The first-order valence-electron chi connectivity index (χ1n) is 12.4. The van der Waals surface area contributed by atoms with Crippen molar-refractivity contribution in [2.24, 2.45) is 5.92 Å². The molecule has 2 aromatic heterocycles. The molecule has 0 spiro atoms. The van der Waals surface area contributed by atoms with Crippen LogP contribution in [-0.2, 0) is 13.0 Å². The Balaban J connectivity index is 0.993. The number of fused-ring (bicyclic) bond motifs is 2. The van der Waals surface area contributed by atoms with E-state index in [2.05, 4.69) is 28.1 Å². The normalized spacial score (nSPS) is 19.7. The number of rotatable bonds is 7. The second-order valence-corrected chi connectivity index (χ2v) is 10.6. The molecule has 1 atom stereocenters. The number of piperidine rings is 1. The van der Waals surface area contributed by atoms with E-state index in [1.807, 2.05) is 37.3 Å². The molecular formula is C27H27ClN4O5. The first kappa shape index (κ1) is 23.7. The minimum Gasteiger partial charge on any atom is -0.489 e. The Morgan fingerprint density at radius 2 is 1.97 bits per heavy atom. The number of anilines is 1. The molecule has 37 heavy (non-hydrogen) atoms. The van der Waals surface area contributed by atoms with E-state index in [9.17, 15) is 10.1 Å². The van der Waals surface area contributed by atoms with Crippen LogP contribution < -0.4 is 14.4 Å². The second-order valence-electron chi connectivity index (χ2n) is 10.1. The molecule has 6 rings (SSSR count). The van der Waals surface area contributed by atoms with Gasteiger partial charge >= 0.3 is 11.8 Å². The van der Waals surface area contributed by atoms with Crippen molar-refractivity contribution in [2.75, 3.05) is 24.6 Å². The highest BCUT2D eigenvalue weighted by Gasteiger charge is 2.41. The van der Waals surface area contributed by atoms with Crippen LogP contribution in [0.25, 0.3) is 11.0 Å². The van der Waals surface area contributed by atoms with Crippen molar-refractivity contribution in [3.05, 3.63) is 75.6 Å². The molecule has 2 aliphatic heterocycles. The van der Waals surface area contributed by atoms with Gasteiger partial charge in [0.25, 0.3) is 0 Å². The quantitative estimate of drug-likeness (QED) is 0.221. The maximum absolute atomic E-state index is 10.9. The van der Waals surface area contributed by atoms with Gasteiger partial charge in [0.05, 0.1) is 6.54 Å². The van der Waals surface area contributed by atoms with Gasteiger partial charge in [0.2, 0.25) is 0 Å². The molecule has 0 aliphatic carbocycles. The molecule has 2 aromatic carbocycles. The van der Waals surface area contributed by atoms with Crippen LogP contribution >= 0.6 is 11.6 Å². The fourth-order valence-electron chi connectivity index (χ4n) is 5.20. The van der Waals surface area contributed by atoms with Crippen LogP contribution in [0.4, 0.5) is 11.5 Å². The fraction of sp³-hybridized carbons (Fsp3) is 0.370. The summed E-state index contributed by atoms with van der Waals surface area (Å²) in [6, 6.07) is 16.2. The third-order valence-corrected chi connectivity index (χ3v) is 7.37. The molecule has 4 aromatic rings. The third-order valence-electron chi connectivity index (χ3n) is 7.14. The van der Waals surface area contributed by atoms with Gasteiger partial charge < -0.3 is 28.9 Å². The number of ether oxygens (including phenoxy) is 2. The molecule has 10 heteroatoms. The van der Waals surface area contributed by atoms with Gasteiger partial charge in [0, 0.05) is 40.6 Å². The van der Waals surface area contributed by atoms with E-state index in [1.54, 1.807) is 4.57 Å². The highest BCUT2D eigenvalue weighted by molar-refractivity contribution is 6.31. The summed E-state index contributed by atoms with van der Waals surface area (Å²) in [6.07, 6.45) is 4.56. The van der Waals surface area contributed by atoms with Gasteiger partial charge in [-0.2, -0.15) is 0 Å². The number of benzene rings is 2. The Bertz CT molecular complexity index is 1420. The highest BCUT2D eigenvalue weighted by atomic mass is 35.5. The Morgan fingerprint density at radius 3 is 2.70 bits per heavy atom. The van der Waals surface area contributed by atoms with E-state index >= 15 is 0 Å². The molecule has 0 radical (unpaired) electrons. The van der Waals surface area contributed by atoms with E-state index in [4.69, 9.17) is 25.5 Å². The number of imidazole rings is 1. The summed E-state index contributed by atoms with van der Waals surface area (Å²) < 4.78 is 19.5. The zero-order valence-electron chi connectivity index (χ0n) is 20.4. The van der Waals surface area contributed by atoms with Gasteiger partial charge in [-0.15, -0.1) is 0 Å². The summed E-state index contributed by atoms with van der Waals surface area (Å²) >= 11 is 6.10. The SMILES string of the molecule is C[C@]1(COc2ccc(N3CCC(Cc4cc5cc(Cl)ccc5o4)CC3)cc2)Cn2cc([N+](=O)[O-])nc2O1. The van der Waals surface area contributed by atoms with Crippen molar-refractivity contribution in [1.82, 2.24) is 9.55 Å². The molecule has 1 saturated heterocycles. The molecule has 2 aliphatic rings. The maximum atomic E-state index is 10.9. The molecule has 9 nitrogen and oxygen atoms in total. The van der Waals surface area contributed by atoms with Crippen LogP contribution in [0.2, 0.25) is 5.02 Å². The summed E-state index contributed by atoms with van der Waals surface area (Å²) in [5, 5.41) is 12.7. The number of hydrogen-bond donors (Lipinski definition) is 0. The predicted molar refractivity (Wildman–Crippen MR) is 140 cm³/mol. The molecule has 192 valence electrons. The molecule has 0 bridgehead atoms. The minimum absolute atomic E-state index is 0.211. The van der Waals surface area contributed by atoms with Crippen LogP contribution in [0, 0.1) is 16.0 Å². The minimum atomic E-state index is -0.635. The molecular weight excluding hydrogens is 496 g/mol. The number of aromatic nitrogens is 2. The molecule has 0 N–H and O–H groups in total.